The molecule has 158 valence electrons. The summed E-state index contributed by atoms with van der Waals surface area (Å²) >= 11 is 0. The molecule has 1 aliphatic rings. The van der Waals surface area contributed by atoms with Gasteiger partial charge in [-0.3, -0.25) is 14.5 Å². The molecule has 1 N–H and O–H groups in total. The van der Waals surface area contributed by atoms with Crippen LogP contribution in [0.3, 0.4) is 0 Å². The lowest BCUT2D eigenvalue weighted by molar-refractivity contribution is 0.0710. The summed E-state index contributed by atoms with van der Waals surface area (Å²) in [6.45, 7) is 5.09. The number of rotatable bonds is 4. The zero-order valence-electron chi connectivity index (χ0n) is 17.3. The fourth-order valence-electron chi connectivity index (χ4n) is 4.06. The number of aromatic amines is 1. The molecule has 3 aromatic rings. The zero-order valence-corrected chi connectivity index (χ0v) is 17.3. The number of hydrogen-bond acceptors (Lipinski definition) is 4. The Morgan fingerprint density at radius 2 is 1.87 bits per heavy atom. The highest BCUT2D eigenvalue weighted by molar-refractivity contribution is 5.99. The number of H-pyrrole nitrogens is 1. The minimum absolute atomic E-state index is 0.0325. The van der Waals surface area contributed by atoms with Crippen LogP contribution in [0.2, 0.25) is 0 Å². The Morgan fingerprint density at radius 3 is 2.50 bits per heavy atom. The Hall–Kier alpha value is -3.23. The predicted octanol–water partition coefficient (Wildman–Crippen LogP) is 2.71. The number of amides is 1. The lowest BCUT2D eigenvalue weighted by Crippen LogP contribution is -2.38. The topological polar surface area (TPSA) is 88.8 Å². The first-order chi connectivity index (χ1) is 14.4. The maximum absolute atomic E-state index is 13.2. The Balaban J connectivity index is 1.50. The maximum atomic E-state index is 13.2. The van der Waals surface area contributed by atoms with E-state index in [1.807, 2.05) is 13.8 Å². The van der Waals surface area contributed by atoms with Crippen molar-refractivity contribution in [2.45, 2.75) is 38.6 Å². The SMILES string of the molecule is CC(C)n1c(C2CCN(C(=O)c3cn[nH]c3-c3ccc(F)cc3)CC2)nn(C)c1=O. The van der Waals surface area contributed by atoms with E-state index in [9.17, 15) is 14.0 Å². The second kappa shape index (κ2) is 7.89. The van der Waals surface area contributed by atoms with Gasteiger partial charge in [0.2, 0.25) is 0 Å². The average molecular weight is 412 g/mol. The van der Waals surface area contributed by atoms with E-state index in [1.165, 1.54) is 23.0 Å². The average Bonchev–Trinajstić information content (AvgIpc) is 3.33. The summed E-state index contributed by atoms with van der Waals surface area (Å²) in [7, 11) is 1.67. The zero-order chi connectivity index (χ0) is 21.4. The molecule has 2 aromatic heterocycles. The highest BCUT2D eigenvalue weighted by atomic mass is 19.1. The predicted molar refractivity (Wildman–Crippen MR) is 110 cm³/mol. The minimum Gasteiger partial charge on any atom is -0.338 e. The van der Waals surface area contributed by atoms with E-state index in [4.69, 9.17) is 0 Å². The van der Waals surface area contributed by atoms with Gasteiger partial charge in [0.15, 0.2) is 0 Å². The van der Waals surface area contributed by atoms with Gasteiger partial charge in [0, 0.05) is 37.7 Å². The monoisotopic (exact) mass is 412 g/mol. The molecule has 0 aliphatic carbocycles. The van der Waals surface area contributed by atoms with Crippen molar-refractivity contribution in [3.8, 4) is 11.3 Å². The lowest BCUT2D eigenvalue weighted by atomic mass is 9.95. The largest absolute Gasteiger partial charge is 0.345 e. The highest BCUT2D eigenvalue weighted by Gasteiger charge is 2.30. The van der Waals surface area contributed by atoms with Crippen molar-refractivity contribution in [3.63, 3.8) is 0 Å². The van der Waals surface area contributed by atoms with Crippen molar-refractivity contribution in [1.82, 2.24) is 29.4 Å². The van der Waals surface area contributed by atoms with Crippen LogP contribution in [0.15, 0.2) is 35.3 Å². The number of halogens is 1. The molecule has 8 nitrogen and oxygen atoms in total. The van der Waals surface area contributed by atoms with Crippen LogP contribution >= 0.6 is 0 Å². The van der Waals surface area contributed by atoms with E-state index in [1.54, 1.807) is 28.6 Å². The number of piperidine rings is 1. The van der Waals surface area contributed by atoms with Gasteiger partial charge in [-0.25, -0.2) is 13.9 Å². The van der Waals surface area contributed by atoms with Crippen LogP contribution in [0.4, 0.5) is 4.39 Å². The van der Waals surface area contributed by atoms with E-state index < -0.39 is 0 Å². The van der Waals surface area contributed by atoms with E-state index in [0.717, 1.165) is 18.7 Å². The summed E-state index contributed by atoms with van der Waals surface area (Å²) in [5, 5.41) is 11.3. The Labute approximate surface area is 173 Å². The van der Waals surface area contributed by atoms with E-state index in [2.05, 4.69) is 15.3 Å². The number of aromatic nitrogens is 5. The number of carbonyl (C=O) groups excluding carboxylic acids is 1. The van der Waals surface area contributed by atoms with Crippen LogP contribution in [0.25, 0.3) is 11.3 Å². The Bertz CT molecular complexity index is 1100. The Morgan fingerprint density at radius 1 is 1.20 bits per heavy atom. The molecule has 9 heteroatoms. The molecular weight excluding hydrogens is 387 g/mol. The highest BCUT2D eigenvalue weighted by Crippen LogP contribution is 2.29. The third kappa shape index (κ3) is 3.55. The molecule has 0 spiro atoms. The molecule has 0 bridgehead atoms. The summed E-state index contributed by atoms with van der Waals surface area (Å²) in [6, 6.07) is 6.00. The molecule has 1 amide bonds. The fraction of sp³-hybridized carbons (Fsp3) is 0.429. The fourth-order valence-corrected chi connectivity index (χ4v) is 4.06. The number of carbonyl (C=O) groups is 1. The van der Waals surface area contributed by atoms with Crippen LogP contribution in [0, 0.1) is 5.82 Å². The van der Waals surface area contributed by atoms with Gasteiger partial charge in [-0.15, -0.1) is 0 Å². The summed E-state index contributed by atoms with van der Waals surface area (Å²) in [4.78, 5) is 27.3. The number of nitrogens with one attached hydrogen (secondary N) is 1. The molecule has 4 rings (SSSR count). The van der Waals surface area contributed by atoms with Gasteiger partial charge in [0.1, 0.15) is 11.6 Å². The summed E-state index contributed by atoms with van der Waals surface area (Å²) in [6.07, 6.45) is 2.99. The number of nitrogens with zero attached hydrogens (tertiary/aromatic N) is 5. The first-order valence-corrected chi connectivity index (χ1v) is 10.1. The number of aryl methyl sites for hydroxylation is 1. The van der Waals surface area contributed by atoms with Crippen LogP contribution < -0.4 is 5.69 Å². The minimum atomic E-state index is -0.331. The van der Waals surface area contributed by atoms with Crippen molar-refractivity contribution < 1.29 is 9.18 Å². The van der Waals surface area contributed by atoms with Gasteiger partial charge in [-0.1, -0.05) is 0 Å². The van der Waals surface area contributed by atoms with Gasteiger partial charge in [0.25, 0.3) is 5.91 Å². The molecule has 0 unspecified atom stereocenters. The molecule has 1 saturated heterocycles. The van der Waals surface area contributed by atoms with Gasteiger partial charge < -0.3 is 4.90 Å². The number of likely N-dealkylation sites (tertiary alicyclic amines) is 1. The molecule has 0 saturated carbocycles. The smallest absolute Gasteiger partial charge is 0.338 e. The van der Waals surface area contributed by atoms with Gasteiger partial charge in [-0.05, 0) is 51.0 Å². The van der Waals surface area contributed by atoms with Gasteiger partial charge in [-0.2, -0.15) is 10.2 Å². The van der Waals surface area contributed by atoms with Crippen molar-refractivity contribution in [1.29, 1.82) is 0 Å². The second-order valence-corrected chi connectivity index (χ2v) is 7.96. The summed E-state index contributed by atoms with van der Waals surface area (Å²) in [5.41, 5.74) is 1.65. The van der Waals surface area contributed by atoms with Crippen molar-refractivity contribution in [3.05, 3.63) is 58.2 Å². The van der Waals surface area contributed by atoms with E-state index >= 15 is 0 Å². The van der Waals surface area contributed by atoms with Gasteiger partial charge >= 0.3 is 5.69 Å². The van der Waals surface area contributed by atoms with Crippen LogP contribution in [0.1, 0.15) is 54.8 Å². The molecule has 1 aromatic carbocycles. The molecular formula is C21H25FN6O2. The molecule has 30 heavy (non-hydrogen) atoms. The molecule has 0 atom stereocenters. The summed E-state index contributed by atoms with van der Waals surface area (Å²) < 4.78 is 16.4. The van der Waals surface area contributed by atoms with Crippen molar-refractivity contribution in [2.75, 3.05) is 13.1 Å². The Kier molecular flexibility index (Phi) is 5.27. The maximum Gasteiger partial charge on any atom is 0.345 e. The third-order valence-corrected chi connectivity index (χ3v) is 5.65. The molecule has 3 heterocycles. The van der Waals surface area contributed by atoms with Crippen molar-refractivity contribution in [2.24, 2.45) is 7.05 Å². The quantitative estimate of drug-likeness (QED) is 0.714. The number of benzene rings is 1. The number of hydrogen-bond donors (Lipinski definition) is 1. The first-order valence-electron chi connectivity index (χ1n) is 10.1. The second-order valence-electron chi connectivity index (χ2n) is 7.96. The molecule has 1 fully saturated rings. The third-order valence-electron chi connectivity index (χ3n) is 5.65. The normalized spacial score (nSPS) is 15.2. The lowest BCUT2D eigenvalue weighted by Gasteiger charge is -2.32. The van der Waals surface area contributed by atoms with Crippen molar-refractivity contribution >= 4 is 5.91 Å². The van der Waals surface area contributed by atoms with Crippen LogP contribution in [-0.2, 0) is 7.05 Å². The molecule has 1 aliphatic heterocycles. The van der Waals surface area contributed by atoms with E-state index in [0.29, 0.717) is 29.9 Å². The summed E-state index contributed by atoms with van der Waals surface area (Å²) in [5.74, 6) is 0.484. The van der Waals surface area contributed by atoms with E-state index in [-0.39, 0.29) is 29.4 Å². The van der Waals surface area contributed by atoms with Crippen LogP contribution in [-0.4, -0.2) is 48.4 Å². The standard InChI is InChI=1S/C21H25FN6O2/c1-13(2)28-19(25-26(3)21(28)30)15-8-10-27(11-9-15)20(29)17-12-23-24-18(17)14-4-6-16(22)7-5-14/h4-7,12-13,15H,8-11H2,1-3H3,(H,23,24). The first kappa shape index (κ1) is 20.1. The molecule has 0 radical (unpaired) electrons. The van der Waals surface area contributed by atoms with Gasteiger partial charge in [0.05, 0.1) is 17.5 Å². The van der Waals surface area contributed by atoms with Crippen LogP contribution in [0.5, 0.6) is 0 Å².